The maximum absolute atomic E-state index is 11.2. The monoisotopic (exact) mass is 648 g/mol. The van der Waals surface area contributed by atoms with Crippen molar-refractivity contribution in [1.82, 2.24) is 19.5 Å². The lowest BCUT2D eigenvalue weighted by atomic mass is 9.83. The quantitative estimate of drug-likeness (QED) is 0.195. The van der Waals surface area contributed by atoms with Gasteiger partial charge in [0, 0.05) is 22.9 Å². The summed E-state index contributed by atoms with van der Waals surface area (Å²) in [6.07, 6.45) is 1.83. The largest absolute Gasteiger partial charge is 0.507 e. The van der Waals surface area contributed by atoms with E-state index in [9.17, 15) is 5.11 Å². The second-order valence-corrected chi connectivity index (χ2v) is 13.6. The molecule has 5 aromatic carbocycles. The van der Waals surface area contributed by atoms with E-state index in [0.29, 0.717) is 17.2 Å². The minimum absolute atomic E-state index is 0.0938. The lowest BCUT2D eigenvalue weighted by molar-refractivity contribution is 0.477. The molecule has 5 nitrogen and oxygen atoms in total. The molecule has 8 rings (SSSR count). The van der Waals surface area contributed by atoms with Gasteiger partial charge in [-0.3, -0.25) is 9.55 Å². The van der Waals surface area contributed by atoms with Gasteiger partial charge in [0.2, 0.25) is 0 Å². The third-order valence-corrected chi connectivity index (χ3v) is 9.12. The van der Waals surface area contributed by atoms with Crippen molar-refractivity contribution in [1.29, 1.82) is 0 Å². The van der Waals surface area contributed by atoms with E-state index in [0.717, 1.165) is 55.8 Å². The van der Waals surface area contributed by atoms with Crippen molar-refractivity contribution in [3.05, 3.63) is 163 Å². The summed E-state index contributed by atoms with van der Waals surface area (Å²) >= 11 is 0. The van der Waals surface area contributed by atoms with Crippen LogP contribution in [0.15, 0.2) is 158 Å². The minimum Gasteiger partial charge on any atom is -0.507 e. The molecule has 8 aromatic rings. The van der Waals surface area contributed by atoms with Crippen LogP contribution in [0.25, 0.3) is 73.0 Å². The van der Waals surface area contributed by atoms with Crippen LogP contribution in [0.1, 0.15) is 26.3 Å². The molecule has 0 spiro atoms. The Labute approximate surface area is 292 Å². The standard InChI is InChI=1S/C45H36N4O/c1-45(2,3)35-26-33(25-34(27-35)38-21-12-13-24-46-38)36-20-14-22-40-43(36)48-44(37-19-10-11-23-41(37)50)49(40)42-29-32(30-15-6-4-7-16-30)28-39(47-42)31-17-8-5-9-18-31/h4-29,50H,1-3H3. The first-order valence-corrected chi connectivity index (χ1v) is 16.8. The molecule has 0 saturated heterocycles. The Hall–Kier alpha value is -6.33. The van der Waals surface area contributed by atoms with E-state index in [4.69, 9.17) is 9.97 Å². The predicted molar refractivity (Wildman–Crippen MR) is 204 cm³/mol. The number of aromatic nitrogens is 4. The SMILES string of the molecule is CC(C)(C)c1cc(-c2ccccn2)cc(-c2cccc3c2nc(-c2ccccc2O)n3-c2cc(-c3ccccc3)cc(-c3ccccc3)n2)c1. The summed E-state index contributed by atoms with van der Waals surface area (Å²) in [6, 6.07) is 51.2. The fraction of sp³-hybridized carbons (Fsp3) is 0.0889. The summed E-state index contributed by atoms with van der Waals surface area (Å²) in [6.45, 7) is 6.70. The highest BCUT2D eigenvalue weighted by Crippen LogP contribution is 2.40. The zero-order valence-electron chi connectivity index (χ0n) is 28.2. The second kappa shape index (κ2) is 12.6. The molecule has 0 aliphatic carbocycles. The van der Waals surface area contributed by atoms with E-state index in [-0.39, 0.29) is 11.2 Å². The molecular formula is C45H36N4O. The first-order valence-electron chi connectivity index (χ1n) is 16.8. The molecule has 5 heteroatoms. The molecule has 1 N–H and O–H groups in total. The molecule has 242 valence electrons. The Kier molecular flexibility index (Phi) is 7.81. The fourth-order valence-electron chi connectivity index (χ4n) is 6.49. The van der Waals surface area contributed by atoms with Crippen LogP contribution in [0.5, 0.6) is 5.75 Å². The molecule has 0 atom stereocenters. The predicted octanol–water partition coefficient (Wildman–Crippen LogP) is 11.2. The van der Waals surface area contributed by atoms with Crippen LogP contribution in [-0.4, -0.2) is 24.6 Å². The number of imidazole rings is 1. The third kappa shape index (κ3) is 5.84. The molecular weight excluding hydrogens is 613 g/mol. The fourth-order valence-corrected chi connectivity index (χ4v) is 6.49. The molecule has 0 unspecified atom stereocenters. The van der Waals surface area contributed by atoms with Gasteiger partial charge in [-0.25, -0.2) is 9.97 Å². The number of hydrogen-bond donors (Lipinski definition) is 1. The van der Waals surface area contributed by atoms with E-state index in [1.165, 1.54) is 5.56 Å². The first kappa shape index (κ1) is 31.0. The Morgan fingerprint density at radius 2 is 1.20 bits per heavy atom. The van der Waals surface area contributed by atoms with E-state index >= 15 is 0 Å². The van der Waals surface area contributed by atoms with Gasteiger partial charge in [-0.1, -0.05) is 118 Å². The molecule has 3 aromatic heterocycles. The van der Waals surface area contributed by atoms with Crippen LogP contribution in [0, 0.1) is 0 Å². The summed E-state index contributed by atoms with van der Waals surface area (Å²) in [5, 5.41) is 11.2. The molecule has 0 amide bonds. The number of rotatable bonds is 6. The van der Waals surface area contributed by atoms with Crippen LogP contribution in [0.2, 0.25) is 0 Å². The van der Waals surface area contributed by atoms with Gasteiger partial charge >= 0.3 is 0 Å². The number of benzene rings is 5. The zero-order valence-corrected chi connectivity index (χ0v) is 28.2. The first-order chi connectivity index (χ1) is 24.3. The number of pyridine rings is 2. The Morgan fingerprint density at radius 1 is 0.520 bits per heavy atom. The van der Waals surface area contributed by atoms with Crippen LogP contribution >= 0.6 is 0 Å². The van der Waals surface area contributed by atoms with Gasteiger partial charge in [0.05, 0.1) is 28.0 Å². The second-order valence-electron chi connectivity index (χ2n) is 13.6. The van der Waals surface area contributed by atoms with Crippen molar-refractivity contribution in [2.24, 2.45) is 0 Å². The highest BCUT2D eigenvalue weighted by atomic mass is 16.3. The highest BCUT2D eigenvalue weighted by Gasteiger charge is 2.23. The average Bonchev–Trinajstić information content (AvgIpc) is 3.55. The van der Waals surface area contributed by atoms with Crippen molar-refractivity contribution in [2.75, 3.05) is 0 Å². The maximum Gasteiger partial charge on any atom is 0.150 e. The Bertz CT molecular complexity index is 2400. The van der Waals surface area contributed by atoms with Crippen molar-refractivity contribution in [3.8, 4) is 67.7 Å². The van der Waals surface area contributed by atoms with Crippen molar-refractivity contribution >= 4 is 11.0 Å². The molecule has 0 aliphatic rings. The van der Waals surface area contributed by atoms with Crippen molar-refractivity contribution < 1.29 is 5.11 Å². The smallest absolute Gasteiger partial charge is 0.150 e. The van der Waals surface area contributed by atoms with Crippen molar-refractivity contribution in [3.63, 3.8) is 0 Å². The van der Waals surface area contributed by atoms with E-state index in [1.807, 2.05) is 66.9 Å². The summed E-state index contributed by atoms with van der Waals surface area (Å²) in [5.41, 5.74) is 11.4. The van der Waals surface area contributed by atoms with E-state index in [1.54, 1.807) is 6.07 Å². The number of phenolic OH excluding ortho intramolecular Hbond substituents is 1. The molecule has 0 aliphatic heterocycles. The van der Waals surface area contributed by atoms with Gasteiger partial charge < -0.3 is 5.11 Å². The molecule has 0 radical (unpaired) electrons. The lowest BCUT2D eigenvalue weighted by Crippen LogP contribution is -2.11. The van der Waals surface area contributed by atoms with Crippen LogP contribution in [0.4, 0.5) is 0 Å². The van der Waals surface area contributed by atoms with Gasteiger partial charge in [0.25, 0.3) is 0 Å². The molecule has 3 heterocycles. The topological polar surface area (TPSA) is 63.8 Å². The number of para-hydroxylation sites is 2. The number of fused-ring (bicyclic) bond motifs is 1. The van der Waals surface area contributed by atoms with Crippen LogP contribution in [0.3, 0.4) is 0 Å². The van der Waals surface area contributed by atoms with Gasteiger partial charge in [-0.15, -0.1) is 0 Å². The molecule has 0 bridgehead atoms. The van der Waals surface area contributed by atoms with Gasteiger partial charge in [-0.2, -0.15) is 0 Å². The summed E-state index contributed by atoms with van der Waals surface area (Å²) in [7, 11) is 0. The zero-order chi connectivity index (χ0) is 34.2. The molecule has 50 heavy (non-hydrogen) atoms. The summed E-state index contributed by atoms with van der Waals surface area (Å²) < 4.78 is 2.08. The third-order valence-electron chi connectivity index (χ3n) is 9.12. The highest BCUT2D eigenvalue weighted by molar-refractivity contribution is 5.96. The minimum atomic E-state index is -0.0938. The number of nitrogens with zero attached hydrogens (tertiary/aromatic N) is 4. The van der Waals surface area contributed by atoms with Gasteiger partial charge in [0.1, 0.15) is 11.6 Å². The molecule has 0 saturated carbocycles. The number of hydrogen-bond acceptors (Lipinski definition) is 4. The lowest BCUT2D eigenvalue weighted by Gasteiger charge is -2.21. The number of aromatic hydroxyl groups is 1. The average molecular weight is 649 g/mol. The Morgan fingerprint density at radius 3 is 1.92 bits per heavy atom. The van der Waals surface area contributed by atoms with Gasteiger partial charge in [0.15, 0.2) is 5.82 Å². The molecule has 0 fully saturated rings. The van der Waals surface area contributed by atoms with E-state index < -0.39 is 0 Å². The van der Waals surface area contributed by atoms with Crippen LogP contribution < -0.4 is 0 Å². The summed E-state index contributed by atoms with van der Waals surface area (Å²) in [4.78, 5) is 15.3. The summed E-state index contributed by atoms with van der Waals surface area (Å²) in [5.74, 6) is 1.47. The van der Waals surface area contributed by atoms with Gasteiger partial charge in [-0.05, 0) is 82.3 Å². The number of phenols is 1. The van der Waals surface area contributed by atoms with Crippen molar-refractivity contribution in [2.45, 2.75) is 26.2 Å². The van der Waals surface area contributed by atoms with E-state index in [2.05, 4.69) is 115 Å². The Balaban J connectivity index is 1.43. The normalized spacial score (nSPS) is 11.6. The maximum atomic E-state index is 11.2. The van der Waals surface area contributed by atoms with Crippen LogP contribution in [-0.2, 0) is 5.41 Å².